The fraction of sp³-hybridized carbons (Fsp3) is 0. The van der Waals surface area contributed by atoms with E-state index in [-0.39, 0.29) is 0 Å². The Hall–Kier alpha value is 2.58. The van der Waals surface area contributed by atoms with Crippen LogP contribution < -0.4 is 9.47 Å². The third kappa shape index (κ3) is 5.25. The van der Waals surface area contributed by atoms with Crippen molar-refractivity contribution in [1.82, 2.24) is 0 Å². The summed E-state index contributed by atoms with van der Waals surface area (Å²) in [5.41, 5.74) is 0. The van der Waals surface area contributed by atoms with Gasteiger partial charge in [-0.05, 0) is 159 Å². The first-order valence-electron chi connectivity index (χ1n) is 6.10. The molecule has 0 unspecified atom stereocenters. The molecular weight excluding hydrogens is 999 g/mol. The van der Waals surface area contributed by atoms with Crippen LogP contribution >= 0.6 is 159 Å². The van der Waals surface area contributed by atoms with Gasteiger partial charge in [-0.25, -0.2) is 0 Å². The van der Waals surface area contributed by atoms with Crippen molar-refractivity contribution in [1.29, 1.82) is 0 Å². The number of ether oxygens (including phenoxy) is 2. The highest BCUT2D eigenvalue weighted by Gasteiger charge is 2.20. The smallest absolute Gasteiger partial charge is 0.157 e. The molecule has 0 aliphatic carbocycles. The Morgan fingerprint density at radius 1 is 0.346 bits per heavy atom. The van der Waals surface area contributed by atoms with Crippen LogP contribution in [0.3, 0.4) is 0 Å². The van der Waals surface area contributed by atoms with Gasteiger partial charge in [0.1, 0.15) is 12.5 Å². The minimum atomic E-state index is 0.586. The molecule has 0 saturated carbocycles. The molecule has 2 aromatic rings. The van der Waals surface area contributed by atoms with Gasteiger partial charge in [-0.15, -0.1) is 0 Å². The van der Waals surface area contributed by atoms with Gasteiger partial charge in [0.05, 0.1) is 35.8 Å². The summed E-state index contributed by atoms with van der Waals surface area (Å²) < 4.78 is 19.5. The lowest BCUT2D eigenvalue weighted by Gasteiger charge is -2.13. The summed E-state index contributed by atoms with van der Waals surface area (Å²) in [5.74, 6) is 1.17. The van der Waals surface area contributed by atoms with Gasteiger partial charge in [0.15, 0.2) is 11.5 Å². The molecule has 2 rings (SSSR count). The maximum Gasteiger partial charge on any atom is 0.157 e. The lowest BCUT2D eigenvalue weighted by molar-refractivity contribution is 0.415. The van der Waals surface area contributed by atoms with Gasteiger partial charge < -0.3 is 9.47 Å². The molecule has 0 bridgehead atoms. The lowest BCUT2D eigenvalue weighted by atomic mass is 10.3. The van der Waals surface area contributed by atoms with Gasteiger partial charge in [-0.3, -0.25) is 0 Å². The van der Waals surface area contributed by atoms with Crippen LogP contribution in [-0.2, 0) is 0 Å². The number of halogens is 10. The van der Waals surface area contributed by atoms with Crippen molar-refractivity contribution in [2.24, 2.45) is 0 Å². The summed E-state index contributed by atoms with van der Waals surface area (Å²) in [6.45, 7) is 0. The Morgan fingerprint density at radius 3 is 0.769 bits per heavy atom. The molecule has 12 heteroatoms. The van der Waals surface area contributed by atoms with Gasteiger partial charge in [0.25, 0.3) is 0 Å². The molecule has 0 aliphatic rings. The summed E-state index contributed by atoms with van der Waals surface area (Å²) in [5, 5.41) is 0. The van der Waals surface area contributed by atoms with Gasteiger partial charge in [-0.1, -0.05) is 0 Å². The van der Waals surface area contributed by atoms with Gasteiger partial charge in [0, 0.05) is 8.95 Å². The quantitative estimate of drug-likeness (QED) is 0.173. The molecule has 0 spiro atoms. The Balaban J connectivity index is 2.28. The molecule has 0 aliphatic heterocycles. The third-order valence-electron chi connectivity index (χ3n) is 2.77. The molecule has 2 nitrogen and oxygen atoms in total. The van der Waals surface area contributed by atoms with Crippen molar-refractivity contribution < 1.29 is 9.47 Å². The third-order valence-corrected chi connectivity index (χ3v) is 14.8. The Labute approximate surface area is 233 Å². The first-order chi connectivity index (χ1) is 12.1. The highest BCUT2D eigenvalue weighted by molar-refractivity contribution is 9.16. The predicted molar refractivity (Wildman–Crippen MR) is 140 cm³/mol. The maximum atomic E-state index is 5.73. The van der Waals surface area contributed by atoms with E-state index in [1.807, 2.05) is 0 Å². The van der Waals surface area contributed by atoms with Crippen LogP contribution in [0.25, 0.3) is 0 Å². The van der Waals surface area contributed by atoms with E-state index in [0.717, 1.165) is 44.7 Å². The number of hydrogen-bond acceptors (Lipinski definition) is 2. The van der Waals surface area contributed by atoms with Crippen molar-refractivity contribution in [3.8, 4) is 11.5 Å². The van der Waals surface area contributed by atoms with E-state index < -0.39 is 0 Å². The van der Waals surface area contributed by atoms with Crippen LogP contribution in [0.5, 0.6) is 11.5 Å². The summed E-state index contributed by atoms with van der Waals surface area (Å²) >= 11 is 35.0. The van der Waals surface area contributed by atoms with E-state index in [1.165, 1.54) is 12.5 Å². The summed E-state index contributed by atoms with van der Waals surface area (Å²) in [6.07, 6.45) is 2.89. The molecule has 0 saturated heterocycles. The van der Waals surface area contributed by atoms with Crippen LogP contribution in [-0.4, -0.2) is 0 Å². The second-order valence-corrected chi connectivity index (χ2v) is 12.2. The van der Waals surface area contributed by atoms with Crippen molar-refractivity contribution in [2.75, 3.05) is 0 Å². The first kappa shape index (κ1) is 24.8. The molecule has 0 aromatic heterocycles. The SMILES string of the molecule is Brc1c(Br)c(Br)c(OC=COc2c(Br)c(Br)c(Br)c(Br)c2Br)c(Br)c1Br. The average Bonchev–Trinajstić information content (AvgIpc) is 2.63. The van der Waals surface area contributed by atoms with Crippen molar-refractivity contribution in [3.05, 3.63) is 57.3 Å². The van der Waals surface area contributed by atoms with E-state index in [1.54, 1.807) is 0 Å². The predicted octanol–water partition coefficient (Wildman–Crippen LogP) is 11.2. The van der Waals surface area contributed by atoms with E-state index >= 15 is 0 Å². The number of rotatable bonds is 4. The molecular formula is C14H2Br10O2. The highest BCUT2D eigenvalue weighted by atomic mass is 79.9. The van der Waals surface area contributed by atoms with Crippen LogP contribution in [0.15, 0.2) is 57.3 Å². The van der Waals surface area contributed by atoms with Crippen LogP contribution in [0, 0.1) is 0 Å². The zero-order chi connectivity index (χ0) is 19.8. The standard InChI is InChI=1S/C14H2Br10O2/c15-3-5(17)9(21)13(10(22)6(3)18)25-1-2-26-14-11(23)7(19)4(16)8(20)12(14)24/h1-2H. The van der Waals surface area contributed by atoms with E-state index in [9.17, 15) is 0 Å². The van der Waals surface area contributed by atoms with Crippen molar-refractivity contribution in [3.63, 3.8) is 0 Å². The van der Waals surface area contributed by atoms with E-state index in [4.69, 9.17) is 9.47 Å². The average molecular weight is 1000 g/mol. The van der Waals surface area contributed by atoms with Crippen LogP contribution in [0.1, 0.15) is 0 Å². The monoisotopic (exact) mass is 991 g/mol. The molecule has 0 amide bonds. The second-order valence-electron chi connectivity index (χ2n) is 4.31. The fourth-order valence-electron chi connectivity index (χ4n) is 1.57. The lowest BCUT2D eigenvalue weighted by Crippen LogP contribution is -1.93. The molecule has 0 atom stereocenters. The largest absolute Gasteiger partial charge is 0.459 e. The van der Waals surface area contributed by atoms with Gasteiger partial charge in [-0.2, -0.15) is 0 Å². The minimum Gasteiger partial charge on any atom is -0.459 e. The zero-order valence-corrected chi connectivity index (χ0v) is 27.6. The van der Waals surface area contributed by atoms with E-state index in [2.05, 4.69) is 159 Å². The number of hydrogen-bond donors (Lipinski definition) is 0. The van der Waals surface area contributed by atoms with E-state index in [0.29, 0.717) is 11.5 Å². The summed E-state index contributed by atoms with van der Waals surface area (Å²) in [4.78, 5) is 0. The summed E-state index contributed by atoms with van der Waals surface area (Å²) in [6, 6.07) is 0. The molecule has 2 aromatic carbocycles. The molecule has 26 heavy (non-hydrogen) atoms. The number of benzene rings is 2. The molecule has 140 valence electrons. The fourth-order valence-corrected chi connectivity index (χ4v) is 7.96. The van der Waals surface area contributed by atoms with Crippen LogP contribution in [0.4, 0.5) is 0 Å². The summed E-state index contributed by atoms with van der Waals surface area (Å²) in [7, 11) is 0. The van der Waals surface area contributed by atoms with Crippen molar-refractivity contribution >= 4 is 159 Å². The first-order valence-corrected chi connectivity index (χ1v) is 14.0. The topological polar surface area (TPSA) is 18.5 Å². The Morgan fingerprint density at radius 2 is 0.538 bits per heavy atom. The second kappa shape index (κ2) is 10.7. The molecule has 0 heterocycles. The highest BCUT2D eigenvalue weighted by Crippen LogP contribution is 2.50. The zero-order valence-electron chi connectivity index (χ0n) is 11.8. The normalized spacial score (nSPS) is 11.3. The maximum absolute atomic E-state index is 5.73. The molecule has 0 fully saturated rings. The van der Waals surface area contributed by atoms with Crippen molar-refractivity contribution in [2.45, 2.75) is 0 Å². The minimum absolute atomic E-state index is 0.586. The Kier molecular flexibility index (Phi) is 10.3. The van der Waals surface area contributed by atoms with Crippen LogP contribution in [0.2, 0.25) is 0 Å². The Bertz CT molecular complexity index is 778. The molecule has 0 N–H and O–H groups in total. The molecule has 0 radical (unpaired) electrons. The van der Waals surface area contributed by atoms with Gasteiger partial charge in [0.2, 0.25) is 0 Å². The van der Waals surface area contributed by atoms with Gasteiger partial charge >= 0.3 is 0 Å².